The molecule has 78 valence electrons. The smallest absolute Gasteiger partial charge is 0.167 e. The molecule has 0 amide bonds. The molecule has 0 nitrogen and oxygen atoms in total. The van der Waals surface area contributed by atoms with E-state index in [2.05, 4.69) is 0 Å². The molecule has 0 unspecified atom stereocenters. The molecule has 0 radical (unpaired) electrons. The molecule has 16 heavy (non-hydrogen) atoms. The number of rotatable bonds is 0. The molecule has 0 heterocycles. The lowest BCUT2D eigenvalue weighted by atomic mass is 10.0. The van der Waals surface area contributed by atoms with Crippen LogP contribution in [0.5, 0.6) is 0 Å². The van der Waals surface area contributed by atoms with E-state index < -0.39 is 11.6 Å². The molecule has 0 N–H and O–H groups in total. The van der Waals surface area contributed by atoms with E-state index >= 15 is 0 Å². The second kappa shape index (κ2) is 3.27. The van der Waals surface area contributed by atoms with Gasteiger partial charge in [0, 0.05) is 10.8 Å². The first-order valence-corrected chi connectivity index (χ1v) is 5.03. The summed E-state index contributed by atoms with van der Waals surface area (Å²) in [6.07, 6.45) is 0. The summed E-state index contributed by atoms with van der Waals surface area (Å²) in [5, 5.41) is 2.16. The van der Waals surface area contributed by atoms with Crippen molar-refractivity contribution in [2.75, 3.05) is 0 Å². The monoisotopic (exact) mass is 214 g/mol. The van der Waals surface area contributed by atoms with Crippen molar-refractivity contribution in [3.05, 3.63) is 60.2 Å². The molecular formula is C14H8F2. The first-order valence-electron chi connectivity index (χ1n) is 5.03. The van der Waals surface area contributed by atoms with E-state index in [9.17, 15) is 8.78 Å². The van der Waals surface area contributed by atoms with Gasteiger partial charge >= 0.3 is 0 Å². The Hall–Kier alpha value is -1.96. The van der Waals surface area contributed by atoms with E-state index in [1.807, 2.05) is 12.1 Å². The molecule has 3 aromatic carbocycles. The van der Waals surface area contributed by atoms with E-state index in [4.69, 9.17) is 0 Å². The molecule has 3 rings (SSSR count). The zero-order valence-corrected chi connectivity index (χ0v) is 8.37. The van der Waals surface area contributed by atoms with Gasteiger partial charge in [-0.25, -0.2) is 8.78 Å². The maximum atomic E-state index is 13.8. The van der Waals surface area contributed by atoms with Gasteiger partial charge in [0.25, 0.3) is 0 Å². The van der Waals surface area contributed by atoms with Gasteiger partial charge in [-0.15, -0.1) is 0 Å². The topological polar surface area (TPSA) is 0 Å². The van der Waals surface area contributed by atoms with Crippen LogP contribution in [0.1, 0.15) is 0 Å². The summed E-state index contributed by atoms with van der Waals surface area (Å²) >= 11 is 0. The Balaban J connectivity index is 2.69. The highest BCUT2D eigenvalue weighted by Crippen LogP contribution is 2.30. The van der Waals surface area contributed by atoms with Crippen molar-refractivity contribution in [3.63, 3.8) is 0 Å². The summed E-state index contributed by atoms with van der Waals surface area (Å²) in [5.41, 5.74) is 0. The van der Waals surface area contributed by atoms with Crippen molar-refractivity contribution >= 4 is 21.5 Å². The highest BCUT2D eigenvalue weighted by atomic mass is 19.2. The molecule has 0 aliphatic rings. The number of halogens is 2. The summed E-state index contributed by atoms with van der Waals surface area (Å²) in [6.45, 7) is 0. The predicted octanol–water partition coefficient (Wildman–Crippen LogP) is 4.27. The SMILES string of the molecule is Fc1c(F)c2ccccc2c2ccccc12. The zero-order valence-electron chi connectivity index (χ0n) is 8.37. The van der Waals surface area contributed by atoms with Gasteiger partial charge in [-0.1, -0.05) is 48.5 Å². The molecule has 0 fully saturated rings. The molecule has 0 atom stereocenters. The first kappa shape index (κ1) is 9.28. The van der Waals surface area contributed by atoms with Gasteiger partial charge in [0.2, 0.25) is 0 Å². The first-order chi connectivity index (χ1) is 7.79. The fraction of sp³-hybridized carbons (Fsp3) is 0. The molecule has 2 heteroatoms. The molecule has 0 saturated heterocycles. The lowest BCUT2D eigenvalue weighted by molar-refractivity contribution is 0.525. The van der Waals surface area contributed by atoms with Gasteiger partial charge in [-0.3, -0.25) is 0 Å². The molecule has 0 aliphatic carbocycles. The Morgan fingerprint density at radius 3 is 1.19 bits per heavy atom. The summed E-state index contributed by atoms with van der Waals surface area (Å²) < 4.78 is 27.5. The Kier molecular flexibility index (Phi) is 1.90. The van der Waals surface area contributed by atoms with Crippen LogP contribution in [0, 0.1) is 11.6 Å². The van der Waals surface area contributed by atoms with Crippen LogP contribution in [0.15, 0.2) is 48.5 Å². The van der Waals surface area contributed by atoms with Crippen molar-refractivity contribution in [3.8, 4) is 0 Å². The van der Waals surface area contributed by atoms with Crippen LogP contribution < -0.4 is 0 Å². The zero-order chi connectivity index (χ0) is 11.1. The number of fused-ring (bicyclic) bond motifs is 3. The number of hydrogen-bond donors (Lipinski definition) is 0. The average Bonchev–Trinajstić information content (AvgIpc) is 2.36. The predicted molar refractivity (Wildman–Crippen MR) is 61.4 cm³/mol. The van der Waals surface area contributed by atoms with Gasteiger partial charge < -0.3 is 0 Å². The van der Waals surface area contributed by atoms with Crippen molar-refractivity contribution in [2.45, 2.75) is 0 Å². The van der Waals surface area contributed by atoms with Crippen LogP contribution in [0.4, 0.5) is 8.78 Å². The Bertz CT molecular complexity index is 626. The van der Waals surface area contributed by atoms with Gasteiger partial charge in [-0.05, 0) is 10.8 Å². The number of hydrogen-bond acceptors (Lipinski definition) is 0. The second-order valence-corrected chi connectivity index (χ2v) is 3.72. The Morgan fingerprint density at radius 1 is 0.500 bits per heavy atom. The Labute approximate surface area is 91.1 Å². The quantitative estimate of drug-likeness (QED) is 0.490. The Morgan fingerprint density at radius 2 is 0.812 bits per heavy atom. The third kappa shape index (κ3) is 1.13. The van der Waals surface area contributed by atoms with E-state index in [-0.39, 0.29) is 0 Å². The molecular weight excluding hydrogens is 206 g/mol. The lowest BCUT2D eigenvalue weighted by Crippen LogP contribution is -1.89. The lowest BCUT2D eigenvalue weighted by Gasteiger charge is -2.06. The van der Waals surface area contributed by atoms with Gasteiger partial charge in [0.15, 0.2) is 11.6 Å². The van der Waals surface area contributed by atoms with Crippen molar-refractivity contribution in [1.82, 2.24) is 0 Å². The highest BCUT2D eigenvalue weighted by Gasteiger charge is 2.12. The molecule has 0 spiro atoms. The van der Waals surface area contributed by atoms with Crippen LogP contribution >= 0.6 is 0 Å². The minimum Gasteiger partial charge on any atom is -0.203 e. The molecule has 0 aromatic heterocycles. The summed E-state index contributed by atoms with van der Waals surface area (Å²) in [4.78, 5) is 0. The van der Waals surface area contributed by atoms with Crippen LogP contribution in [-0.2, 0) is 0 Å². The summed E-state index contributed by atoms with van der Waals surface area (Å²) in [5.74, 6) is -1.54. The maximum absolute atomic E-state index is 13.8. The van der Waals surface area contributed by atoms with Gasteiger partial charge in [0.1, 0.15) is 0 Å². The third-order valence-electron chi connectivity index (χ3n) is 2.81. The maximum Gasteiger partial charge on any atom is 0.167 e. The summed E-state index contributed by atoms with van der Waals surface area (Å²) in [6, 6.07) is 13.9. The van der Waals surface area contributed by atoms with E-state index in [0.29, 0.717) is 10.8 Å². The highest BCUT2D eigenvalue weighted by molar-refractivity contribution is 6.07. The average molecular weight is 214 g/mol. The van der Waals surface area contributed by atoms with Gasteiger partial charge in [-0.2, -0.15) is 0 Å². The van der Waals surface area contributed by atoms with Crippen molar-refractivity contribution in [1.29, 1.82) is 0 Å². The normalized spacial score (nSPS) is 11.1. The van der Waals surface area contributed by atoms with Crippen molar-refractivity contribution in [2.24, 2.45) is 0 Å². The molecule has 3 aromatic rings. The fourth-order valence-electron chi connectivity index (χ4n) is 2.06. The van der Waals surface area contributed by atoms with E-state index in [0.717, 1.165) is 10.8 Å². The van der Waals surface area contributed by atoms with E-state index in [1.165, 1.54) is 0 Å². The van der Waals surface area contributed by atoms with E-state index in [1.54, 1.807) is 36.4 Å². The number of benzene rings is 3. The van der Waals surface area contributed by atoms with Gasteiger partial charge in [0.05, 0.1) is 0 Å². The molecule has 0 saturated carbocycles. The minimum absolute atomic E-state index is 0.332. The molecule has 0 aliphatic heterocycles. The standard InChI is InChI=1S/C14H8F2/c15-13-11-7-3-1-5-9(11)10-6-2-4-8-12(10)14(13)16/h1-8H. The minimum atomic E-state index is -0.769. The molecule has 0 bridgehead atoms. The largest absolute Gasteiger partial charge is 0.203 e. The third-order valence-corrected chi connectivity index (χ3v) is 2.81. The summed E-state index contributed by atoms with van der Waals surface area (Å²) in [7, 11) is 0. The van der Waals surface area contributed by atoms with Crippen LogP contribution in [0.2, 0.25) is 0 Å². The fourth-order valence-corrected chi connectivity index (χ4v) is 2.06. The van der Waals surface area contributed by atoms with Crippen molar-refractivity contribution < 1.29 is 8.78 Å². The van der Waals surface area contributed by atoms with Crippen LogP contribution in [0.25, 0.3) is 21.5 Å². The second-order valence-electron chi connectivity index (χ2n) is 3.72. The van der Waals surface area contributed by atoms with Crippen LogP contribution in [-0.4, -0.2) is 0 Å². The van der Waals surface area contributed by atoms with Crippen LogP contribution in [0.3, 0.4) is 0 Å².